The van der Waals surface area contributed by atoms with Gasteiger partial charge < -0.3 is 14.4 Å². The number of benzene rings is 2. The van der Waals surface area contributed by atoms with Crippen LogP contribution in [0.15, 0.2) is 66.7 Å². The molecule has 2 fully saturated rings. The van der Waals surface area contributed by atoms with E-state index in [1.165, 1.54) is 17.0 Å². The quantitative estimate of drug-likeness (QED) is 0.549. The van der Waals surface area contributed by atoms with Gasteiger partial charge in [0.25, 0.3) is 0 Å². The third-order valence-electron chi connectivity index (χ3n) is 6.08. The molecule has 5 nitrogen and oxygen atoms in total. The van der Waals surface area contributed by atoms with Crippen LogP contribution in [0.2, 0.25) is 0 Å². The molecule has 2 aromatic carbocycles. The smallest absolute Gasteiger partial charge is 0.416 e. The van der Waals surface area contributed by atoms with Crippen molar-refractivity contribution in [3.05, 3.63) is 77.9 Å². The number of esters is 1. The molecule has 8 heteroatoms. The molecular formula is C23H18F3NO4. The molecule has 2 aromatic rings. The number of carbonyl (C=O) groups excluding carboxylic acids is 2. The maximum atomic E-state index is 13.2. The zero-order valence-electron chi connectivity index (χ0n) is 16.2. The lowest BCUT2D eigenvalue weighted by molar-refractivity contribution is -0.153. The zero-order chi connectivity index (χ0) is 21.8. The second-order valence-corrected chi connectivity index (χ2v) is 7.97. The van der Waals surface area contributed by atoms with Crippen LogP contribution < -0.4 is 4.90 Å². The highest BCUT2D eigenvalue weighted by Crippen LogP contribution is 2.53. The molecule has 0 unspecified atom stereocenters. The maximum absolute atomic E-state index is 13.2. The Morgan fingerprint density at radius 2 is 1.94 bits per heavy atom. The summed E-state index contributed by atoms with van der Waals surface area (Å²) < 4.78 is 50.8. The molecule has 0 saturated carbocycles. The van der Waals surface area contributed by atoms with Crippen LogP contribution in [-0.2, 0) is 31.8 Å². The number of alkyl halides is 3. The Hall–Kier alpha value is -3.13. The third-order valence-corrected chi connectivity index (χ3v) is 6.08. The minimum atomic E-state index is -4.52. The number of nitrogens with zero attached hydrogens (tertiary/aromatic N) is 1. The Kier molecular flexibility index (Phi) is 4.44. The van der Waals surface area contributed by atoms with E-state index in [1.807, 2.05) is 30.3 Å². The van der Waals surface area contributed by atoms with Gasteiger partial charge in [-0.05, 0) is 23.8 Å². The van der Waals surface area contributed by atoms with Gasteiger partial charge in [0, 0.05) is 5.69 Å². The van der Waals surface area contributed by atoms with Crippen molar-refractivity contribution in [2.24, 2.45) is 11.8 Å². The number of hydrogen-bond acceptors (Lipinski definition) is 4. The molecule has 4 atom stereocenters. The maximum Gasteiger partial charge on any atom is 0.416 e. The topological polar surface area (TPSA) is 55.8 Å². The highest BCUT2D eigenvalue weighted by atomic mass is 19.4. The van der Waals surface area contributed by atoms with E-state index in [0.29, 0.717) is 0 Å². The third kappa shape index (κ3) is 3.22. The van der Waals surface area contributed by atoms with Gasteiger partial charge in [-0.25, -0.2) is 0 Å². The second-order valence-electron chi connectivity index (χ2n) is 7.97. The van der Waals surface area contributed by atoms with Crippen LogP contribution in [0.3, 0.4) is 0 Å². The molecule has 0 radical (unpaired) electrons. The summed E-state index contributed by atoms with van der Waals surface area (Å²) in [6.45, 7) is 0.116. The fourth-order valence-electron chi connectivity index (χ4n) is 4.66. The SMILES string of the molecule is O=C(OCc1ccccc1)[C@H]1[C@H]2C(=O)N(c3cccc(C(F)(F)F)c3)C[C@]23C=C[C@H]1O3. The van der Waals surface area contributed by atoms with E-state index in [0.717, 1.165) is 17.7 Å². The Balaban J connectivity index is 1.39. The van der Waals surface area contributed by atoms with E-state index < -0.39 is 47.2 Å². The predicted molar refractivity (Wildman–Crippen MR) is 104 cm³/mol. The molecule has 3 heterocycles. The van der Waals surface area contributed by atoms with Crippen molar-refractivity contribution >= 4 is 17.6 Å². The number of fused-ring (bicyclic) bond motifs is 1. The first-order valence-corrected chi connectivity index (χ1v) is 9.85. The average Bonchev–Trinajstić information content (AvgIpc) is 3.40. The molecule has 0 N–H and O–H groups in total. The van der Waals surface area contributed by atoms with Crippen LogP contribution in [-0.4, -0.2) is 30.1 Å². The molecule has 2 saturated heterocycles. The Bertz CT molecular complexity index is 1070. The summed E-state index contributed by atoms with van der Waals surface area (Å²) in [7, 11) is 0. The molecule has 0 aliphatic carbocycles. The molecule has 5 rings (SSSR count). The number of amides is 1. The summed E-state index contributed by atoms with van der Waals surface area (Å²) in [6, 6.07) is 13.8. The van der Waals surface area contributed by atoms with E-state index in [9.17, 15) is 22.8 Å². The number of rotatable bonds is 4. The van der Waals surface area contributed by atoms with Crippen molar-refractivity contribution in [3.8, 4) is 0 Å². The number of anilines is 1. The molecule has 31 heavy (non-hydrogen) atoms. The fraction of sp³-hybridized carbons (Fsp3) is 0.304. The molecule has 2 bridgehead atoms. The van der Waals surface area contributed by atoms with Crippen molar-refractivity contribution in [2.45, 2.75) is 24.5 Å². The van der Waals surface area contributed by atoms with Crippen LogP contribution in [0.25, 0.3) is 0 Å². The van der Waals surface area contributed by atoms with Crippen LogP contribution in [0.1, 0.15) is 11.1 Å². The molecule has 0 aromatic heterocycles. The lowest BCUT2D eigenvalue weighted by atomic mass is 9.77. The fourth-order valence-corrected chi connectivity index (χ4v) is 4.66. The van der Waals surface area contributed by atoms with Crippen molar-refractivity contribution in [3.63, 3.8) is 0 Å². The largest absolute Gasteiger partial charge is 0.460 e. The van der Waals surface area contributed by atoms with Gasteiger partial charge >= 0.3 is 12.1 Å². The molecular weight excluding hydrogens is 411 g/mol. The van der Waals surface area contributed by atoms with Crippen molar-refractivity contribution in [1.82, 2.24) is 0 Å². The summed E-state index contributed by atoms with van der Waals surface area (Å²) in [5.74, 6) is -2.66. The lowest BCUT2D eigenvalue weighted by Crippen LogP contribution is -2.40. The van der Waals surface area contributed by atoms with Gasteiger partial charge in [0.1, 0.15) is 18.1 Å². The van der Waals surface area contributed by atoms with Gasteiger partial charge in [-0.2, -0.15) is 13.2 Å². The van der Waals surface area contributed by atoms with Gasteiger partial charge in [-0.3, -0.25) is 9.59 Å². The first-order chi connectivity index (χ1) is 14.8. The Morgan fingerprint density at radius 1 is 1.16 bits per heavy atom. The van der Waals surface area contributed by atoms with Crippen molar-refractivity contribution in [2.75, 3.05) is 11.4 Å². The molecule has 1 spiro atoms. The molecule has 3 aliphatic heterocycles. The number of ether oxygens (including phenoxy) is 2. The first kappa shape index (κ1) is 19.8. The summed E-state index contributed by atoms with van der Waals surface area (Å²) in [5, 5.41) is 0. The lowest BCUT2D eigenvalue weighted by Gasteiger charge is -2.22. The van der Waals surface area contributed by atoms with Crippen LogP contribution in [0.5, 0.6) is 0 Å². The predicted octanol–water partition coefficient (Wildman–Crippen LogP) is 3.74. The van der Waals surface area contributed by atoms with Gasteiger partial charge in [0.2, 0.25) is 5.91 Å². The van der Waals surface area contributed by atoms with E-state index in [1.54, 1.807) is 12.2 Å². The standard InChI is InChI=1S/C23H18F3NO4/c24-23(25,26)15-7-4-8-16(11-15)27-13-22-10-9-17(31-22)18(19(22)20(27)28)21(29)30-12-14-5-2-1-3-6-14/h1-11,17-19H,12-13H2/t17-,18-,19+,22-/m1/s1. The minimum Gasteiger partial charge on any atom is -0.460 e. The van der Waals surface area contributed by atoms with Crippen LogP contribution >= 0.6 is 0 Å². The number of hydrogen-bond donors (Lipinski definition) is 0. The van der Waals surface area contributed by atoms with E-state index in [4.69, 9.17) is 9.47 Å². The molecule has 1 amide bonds. The van der Waals surface area contributed by atoms with Gasteiger partial charge in [0.15, 0.2) is 0 Å². The van der Waals surface area contributed by atoms with E-state index in [2.05, 4.69) is 0 Å². The summed E-state index contributed by atoms with van der Waals surface area (Å²) in [5.41, 5.74) is -0.937. The van der Waals surface area contributed by atoms with Gasteiger partial charge in [-0.1, -0.05) is 48.6 Å². The molecule has 3 aliphatic rings. The molecule has 160 valence electrons. The van der Waals surface area contributed by atoms with E-state index in [-0.39, 0.29) is 18.8 Å². The second kappa shape index (κ2) is 6.95. The average molecular weight is 429 g/mol. The number of halogens is 3. The van der Waals surface area contributed by atoms with Gasteiger partial charge in [0.05, 0.1) is 24.1 Å². The normalized spacial score (nSPS) is 28.8. The highest BCUT2D eigenvalue weighted by molar-refractivity contribution is 6.02. The van der Waals surface area contributed by atoms with Crippen molar-refractivity contribution in [1.29, 1.82) is 0 Å². The summed E-state index contributed by atoms with van der Waals surface area (Å²) in [4.78, 5) is 27.4. The van der Waals surface area contributed by atoms with Crippen molar-refractivity contribution < 1.29 is 32.2 Å². The van der Waals surface area contributed by atoms with E-state index >= 15 is 0 Å². The van der Waals surface area contributed by atoms with Gasteiger partial charge in [-0.15, -0.1) is 0 Å². The monoisotopic (exact) mass is 429 g/mol. The summed E-state index contributed by atoms with van der Waals surface area (Å²) >= 11 is 0. The first-order valence-electron chi connectivity index (χ1n) is 9.85. The number of carbonyl (C=O) groups is 2. The Morgan fingerprint density at radius 3 is 2.68 bits per heavy atom. The van der Waals surface area contributed by atoms with Crippen LogP contribution in [0.4, 0.5) is 18.9 Å². The highest BCUT2D eigenvalue weighted by Gasteiger charge is 2.67. The van der Waals surface area contributed by atoms with Crippen LogP contribution in [0, 0.1) is 11.8 Å². The summed E-state index contributed by atoms with van der Waals surface area (Å²) in [6.07, 6.45) is -1.63. The Labute approximate surface area is 176 Å². The minimum absolute atomic E-state index is 0.0489. The zero-order valence-corrected chi connectivity index (χ0v) is 16.2.